The first-order valence-corrected chi connectivity index (χ1v) is 9.43. The minimum atomic E-state index is 0.0608. The molecule has 0 bridgehead atoms. The van der Waals surface area contributed by atoms with E-state index in [1.165, 1.54) is 6.33 Å². The fraction of sp³-hybridized carbons (Fsp3) is 0.294. The van der Waals surface area contributed by atoms with Gasteiger partial charge in [-0.2, -0.15) is 4.98 Å². The predicted molar refractivity (Wildman–Crippen MR) is 103 cm³/mol. The molecule has 0 radical (unpaired) electrons. The SMILES string of the molecule is O=C1CCCN1CCOc1cc(-c2nc(Cl)nc3nc[nH]c23)c(Cl)cc1Cl. The average Bonchev–Trinajstić information content (AvgIpc) is 3.25. The standard InChI is InChI=1S/C17H14Cl3N5O2/c18-10-7-11(19)12(27-5-4-25-3-1-2-13(25)26)6-9(10)14-15-16(22-8-21-15)24-17(20)23-14/h6-8H,1-5H2,(H,21,22,23,24). The highest BCUT2D eigenvalue weighted by Crippen LogP contribution is 2.38. The quantitative estimate of drug-likeness (QED) is 0.624. The summed E-state index contributed by atoms with van der Waals surface area (Å²) in [5, 5.41) is 0.830. The van der Waals surface area contributed by atoms with E-state index < -0.39 is 0 Å². The zero-order valence-corrected chi connectivity index (χ0v) is 16.3. The van der Waals surface area contributed by atoms with Gasteiger partial charge in [-0.15, -0.1) is 0 Å². The number of likely N-dealkylation sites (tertiary alicyclic amines) is 1. The van der Waals surface area contributed by atoms with Crippen LogP contribution in [-0.4, -0.2) is 50.4 Å². The second-order valence-electron chi connectivity index (χ2n) is 6.04. The summed E-state index contributed by atoms with van der Waals surface area (Å²) in [7, 11) is 0. The summed E-state index contributed by atoms with van der Waals surface area (Å²) in [6, 6.07) is 3.29. The highest BCUT2D eigenvalue weighted by atomic mass is 35.5. The molecule has 3 aromatic rings. The number of rotatable bonds is 5. The minimum Gasteiger partial charge on any atom is -0.490 e. The Labute approximate surface area is 169 Å². The first-order valence-electron chi connectivity index (χ1n) is 8.29. The molecule has 1 fully saturated rings. The molecule has 3 heterocycles. The van der Waals surface area contributed by atoms with Crippen LogP contribution in [0.3, 0.4) is 0 Å². The highest BCUT2D eigenvalue weighted by molar-refractivity contribution is 6.37. The van der Waals surface area contributed by atoms with E-state index in [2.05, 4.69) is 19.9 Å². The summed E-state index contributed by atoms with van der Waals surface area (Å²) in [4.78, 5) is 28.9. The number of aromatic nitrogens is 4. The van der Waals surface area contributed by atoms with Gasteiger partial charge in [-0.1, -0.05) is 23.2 Å². The summed E-state index contributed by atoms with van der Waals surface area (Å²) in [6.07, 6.45) is 2.99. The molecular formula is C17H14Cl3N5O2. The molecule has 10 heteroatoms. The second kappa shape index (κ2) is 7.50. The van der Waals surface area contributed by atoms with Crippen LogP contribution >= 0.6 is 34.8 Å². The Morgan fingerprint density at radius 1 is 1.19 bits per heavy atom. The van der Waals surface area contributed by atoms with Crippen molar-refractivity contribution in [1.29, 1.82) is 0 Å². The van der Waals surface area contributed by atoms with Crippen molar-refractivity contribution in [3.63, 3.8) is 0 Å². The number of hydrogen-bond acceptors (Lipinski definition) is 5. The summed E-state index contributed by atoms with van der Waals surface area (Å²) in [5.74, 6) is 0.601. The Balaban J connectivity index is 1.63. The van der Waals surface area contributed by atoms with Crippen LogP contribution in [0.15, 0.2) is 18.5 Å². The largest absolute Gasteiger partial charge is 0.490 e. The van der Waals surface area contributed by atoms with Crippen LogP contribution in [0.4, 0.5) is 0 Å². The Bertz CT molecular complexity index is 1020. The molecule has 4 rings (SSSR count). The Kier molecular flexibility index (Phi) is 5.08. The number of benzene rings is 1. The number of amides is 1. The van der Waals surface area contributed by atoms with E-state index in [0.29, 0.717) is 57.8 Å². The number of carbonyl (C=O) groups is 1. The maximum atomic E-state index is 11.7. The van der Waals surface area contributed by atoms with Crippen LogP contribution < -0.4 is 4.74 Å². The first-order chi connectivity index (χ1) is 13.0. The number of fused-ring (bicyclic) bond motifs is 1. The lowest BCUT2D eigenvalue weighted by molar-refractivity contribution is -0.128. The number of H-pyrrole nitrogens is 1. The molecule has 1 saturated heterocycles. The van der Waals surface area contributed by atoms with Crippen molar-refractivity contribution in [2.75, 3.05) is 19.7 Å². The molecule has 140 valence electrons. The predicted octanol–water partition coefficient (Wildman–Crippen LogP) is 3.98. The van der Waals surface area contributed by atoms with Gasteiger partial charge in [0.25, 0.3) is 0 Å². The Hall–Kier alpha value is -2.09. The van der Waals surface area contributed by atoms with E-state index in [-0.39, 0.29) is 11.2 Å². The van der Waals surface area contributed by atoms with Gasteiger partial charge in [-0.3, -0.25) is 4.79 Å². The number of imidazole rings is 1. The van der Waals surface area contributed by atoms with Crippen molar-refractivity contribution in [2.24, 2.45) is 0 Å². The van der Waals surface area contributed by atoms with Gasteiger partial charge in [0, 0.05) is 18.5 Å². The molecule has 0 spiro atoms. The van der Waals surface area contributed by atoms with Gasteiger partial charge in [0.05, 0.1) is 22.9 Å². The van der Waals surface area contributed by atoms with E-state index in [9.17, 15) is 4.79 Å². The monoisotopic (exact) mass is 425 g/mol. The van der Waals surface area contributed by atoms with Crippen molar-refractivity contribution >= 4 is 51.9 Å². The van der Waals surface area contributed by atoms with Crippen molar-refractivity contribution in [2.45, 2.75) is 12.8 Å². The van der Waals surface area contributed by atoms with Gasteiger partial charge in [0.2, 0.25) is 11.2 Å². The van der Waals surface area contributed by atoms with Crippen molar-refractivity contribution in [3.8, 4) is 17.0 Å². The third kappa shape index (κ3) is 3.67. The van der Waals surface area contributed by atoms with Crippen LogP contribution in [-0.2, 0) is 4.79 Å². The number of hydrogen-bond donors (Lipinski definition) is 1. The van der Waals surface area contributed by atoms with Gasteiger partial charge in [0.15, 0.2) is 5.65 Å². The van der Waals surface area contributed by atoms with Crippen LogP contribution in [0.5, 0.6) is 5.75 Å². The average molecular weight is 427 g/mol. The molecule has 1 amide bonds. The van der Waals surface area contributed by atoms with Crippen LogP contribution in [0.2, 0.25) is 15.3 Å². The van der Waals surface area contributed by atoms with E-state index in [1.807, 2.05) is 0 Å². The minimum absolute atomic E-state index is 0.0608. The van der Waals surface area contributed by atoms with Crippen LogP contribution in [0.1, 0.15) is 12.8 Å². The molecule has 2 aromatic heterocycles. The van der Waals surface area contributed by atoms with Gasteiger partial charge in [-0.25, -0.2) is 9.97 Å². The zero-order chi connectivity index (χ0) is 19.0. The third-order valence-electron chi connectivity index (χ3n) is 4.33. The lowest BCUT2D eigenvalue weighted by Crippen LogP contribution is -2.29. The zero-order valence-electron chi connectivity index (χ0n) is 14.0. The van der Waals surface area contributed by atoms with Crippen molar-refractivity contribution in [1.82, 2.24) is 24.8 Å². The topological polar surface area (TPSA) is 84.0 Å². The number of nitrogens with one attached hydrogen (secondary N) is 1. The number of ether oxygens (including phenoxy) is 1. The Morgan fingerprint density at radius 2 is 2.04 bits per heavy atom. The van der Waals surface area contributed by atoms with Gasteiger partial charge in [-0.05, 0) is 30.2 Å². The van der Waals surface area contributed by atoms with Crippen LogP contribution in [0.25, 0.3) is 22.4 Å². The fourth-order valence-electron chi connectivity index (χ4n) is 3.03. The third-order valence-corrected chi connectivity index (χ3v) is 5.10. The van der Waals surface area contributed by atoms with Crippen LogP contribution in [0, 0.1) is 0 Å². The summed E-state index contributed by atoms with van der Waals surface area (Å²) in [6.45, 7) is 1.60. The molecule has 27 heavy (non-hydrogen) atoms. The highest BCUT2D eigenvalue weighted by Gasteiger charge is 2.20. The van der Waals surface area contributed by atoms with Gasteiger partial charge >= 0.3 is 0 Å². The molecular weight excluding hydrogens is 413 g/mol. The molecule has 1 aromatic carbocycles. The van der Waals surface area contributed by atoms with E-state index in [0.717, 1.165) is 13.0 Å². The molecule has 1 N–H and O–H groups in total. The first kappa shape index (κ1) is 18.3. The lowest BCUT2D eigenvalue weighted by atomic mass is 10.1. The number of halogens is 3. The van der Waals surface area contributed by atoms with Crippen molar-refractivity contribution < 1.29 is 9.53 Å². The number of aromatic amines is 1. The normalized spacial score (nSPS) is 14.3. The van der Waals surface area contributed by atoms with Gasteiger partial charge in [0.1, 0.15) is 23.6 Å². The smallest absolute Gasteiger partial charge is 0.225 e. The molecule has 0 atom stereocenters. The molecule has 0 aliphatic carbocycles. The second-order valence-corrected chi connectivity index (χ2v) is 7.19. The number of carbonyl (C=O) groups excluding carboxylic acids is 1. The summed E-state index contributed by atoms with van der Waals surface area (Å²) in [5.41, 5.74) is 2.14. The van der Waals surface area contributed by atoms with Gasteiger partial charge < -0.3 is 14.6 Å². The van der Waals surface area contributed by atoms with Crippen molar-refractivity contribution in [3.05, 3.63) is 33.8 Å². The Morgan fingerprint density at radius 3 is 2.81 bits per heavy atom. The fourth-order valence-corrected chi connectivity index (χ4v) is 3.72. The molecule has 0 unspecified atom stereocenters. The maximum Gasteiger partial charge on any atom is 0.225 e. The maximum absolute atomic E-state index is 11.7. The summed E-state index contributed by atoms with van der Waals surface area (Å²) < 4.78 is 5.80. The molecule has 1 aliphatic heterocycles. The number of nitrogens with zero attached hydrogens (tertiary/aromatic N) is 4. The molecule has 1 aliphatic rings. The molecule has 0 saturated carbocycles. The lowest BCUT2D eigenvalue weighted by Gasteiger charge is -2.17. The van der Waals surface area contributed by atoms with E-state index in [1.54, 1.807) is 17.0 Å². The van der Waals surface area contributed by atoms with E-state index >= 15 is 0 Å². The summed E-state index contributed by atoms with van der Waals surface area (Å²) >= 11 is 18.7. The van der Waals surface area contributed by atoms with E-state index in [4.69, 9.17) is 39.5 Å². The molecule has 7 nitrogen and oxygen atoms in total.